The molecule has 0 saturated heterocycles. The summed E-state index contributed by atoms with van der Waals surface area (Å²) in [5.41, 5.74) is 7.90. The third kappa shape index (κ3) is 3.01. The zero-order valence-corrected chi connectivity index (χ0v) is 12.4. The molecule has 2 rings (SSSR count). The molecule has 1 aromatic rings. The lowest BCUT2D eigenvalue weighted by Gasteiger charge is -2.14. The van der Waals surface area contributed by atoms with Gasteiger partial charge >= 0.3 is 0 Å². The third-order valence-electron chi connectivity index (χ3n) is 3.20. The lowest BCUT2D eigenvalue weighted by atomic mass is 10.1. The van der Waals surface area contributed by atoms with E-state index in [4.69, 9.17) is 10.5 Å². The number of anilines is 2. The van der Waals surface area contributed by atoms with Crippen molar-refractivity contribution in [2.45, 2.75) is 31.7 Å². The smallest absolute Gasteiger partial charge is 0.263 e. The number of hydrogen-bond acceptors (Lipinski definition) is 5. The van der Waals surface area contributed by atoms with Gasteiger partial charge in [0.25, 0.3) is 5.91 Å². The first-order valence-electron chi connectivity index (χ1n) is 6.48. The van der Waals surface area contributed by atoms with Gasteiger partial charge in [0.05, 0.1) is 17.3 Å². The molecule has 0 aliphatic heterocycles. The standard InChI is InChI=1S/C13H21N3O2S/c1-7(6-18-3)16-13-9(8-4-5-8)10(14)11(19-13)12(17)15-2/h7-8,16H,4-6,14H2,1-3H3,(H,15,17). The van der Waals surface area contributed by atoms with Crippen LogP contribution in [-0.2, 0) is 4.74 Å². The number of rotatable bonds is 6. The highest BCUT2D eigenvalue weighted by molar-refractivity contribution is 7.18. The van der Waals surface area contributed by atoms with Crippen molar-refractivity contribution < 1.29 is 9.53 Å². The second-order valence-corrected chi connectivity index (χ2v) is 5.96. The lowest BCUT2D eigenvalue weighted by molar-refractivity contribution is 0.0968. The molecule has 1 atom stereocenters. The minimum Gasteiger partial charge on any atom is -0.397 e. The third-order valence-corrected chi connectivity index (χ3v) is 4.35. The summed E-state index contributed by atoms with van der Waals surface area (Å²) >= 11 is 1.44. The predicted molar refractivity (Wildman–Crippen MR) is 79.1 cm³/mol. The number of thiophene rings is 1. The minimum atomic E-state index is -0.114. The van der Waals surface area contributed by atoms with E-state index in [1.54, 1.807) is 14.2 Å². The largest absolute Gasteiger partial charge is 0.397 e. The molecule has 1 heterocycles. The molecule has 6 heteroatoms. The summed E-state index contributed by atoms with van der Waals surface area (Å²) in [6.45, 7) is 2.67. The van der Waals surface area contributed by atoms with E-state index in [-0.39, 0.29) is 11.9 Å². The van der Waals surface area contributed by atoms with E-state index < -0.39 is 0 Å². The molecule has 0 bridgehead atoms. The van der Waals surface area contributed by atoms with Gasteiger partial charge in [-0.1, -0.05) is 0 Å². The van der Waals surface area contributed by atoms with E-state index in [1.807, 2.05) is 0 Å². The van der Waals surface area contributed by atoms with Gasteiger partial charge in [0.1, 0.15) is 4.88 Å². The van der Waals surface area contributed by atoms with Crippen LogP contribution in [0.3, 0.4) is 0 Å². The Labute approximate surface area is 117 Å². The summed E-state index contributed by atoms with van der Waals surface area (Å²) < 4.78 is 5.13. The minimum absolute atomic E-state index is 0.114. The van der Waals surface area contributed by atoms with Crippen molar-refractivity contribution in [3.63, 3.8) is 0 Å². The van der Waals surface area contributed by atoms with Crippen LogP contribution in [0.4, 0.5) is 10.7 Å². The van der Waals surface area contributed by atoms with Crippen molar-refractivity contribution in [1.82, 2.24) is 5.32 Å². The summed E-state index contributed by atoms with van der Waals surface area (Å²) in [4.78, 5) is 12.4. The maximum Gasteiger partial charge on any atom is 0.263 e. The van der Waals surface area contributed by atoms with Crippen molar-refractivity contribution in [3.8, 4) is 0 Å². The molecular formula is C13H21N3O2S. The molecule has 19 heavy (non-hydrogen) atoms. The first-order chi connectivity index (χ1) is 9.08. The molecule has 5 nitrogen and oxygen atoms in total. The SMILES string of the molecule is CNC(=O)c1sc(NC(C)COC)c(C2CC2)c1N. The van der Waals surface area contributed by atoms with E-state index in [1.165, 1.54) is 11.3 Å². The summed E-state index contributed by atoms with van der Waals surface area (Å²) in [5, 5.41) is 7.06. The van der Waals surface area contributed by atoms with Crippen molar-refractivity contribution in [3.05, 3.63) is 10.4 Å². The highest BCUT2D eigenvalue weighted by Crippen LogP contribution is 2.50. The van der Waals surface area contributed by atoms with Crippen LogP contribution < -0.4 is 16.4 Å². The lowest BCUT2D eigenvalue weighted by Crippen LogP contribution is -2.20. The van der Waals surface area contributed by atoms with Gasteiger partial charge in [0, 0.05) is 25.8 Å². The fraction of sp³-hybridized carbons (Fsp3) is 0.615. The van der Waals surface area contributed by atoms with E-state index in [9.17, 15) is 4.79 Å². The average Bonchev–Trinajstić information content (AvgIpc) is 3.15. The number of hydrogen-bond donors (Lipinski definition) is 3. The fourth-order valence-electron chi connectivity index (χ4n) is 2.14. The fourth-order valence-corrected chi connectivity index (χ4v) is 3.40. The van der Waals surface area contributed by atoms with Crippen molar-refractivity contribution in [2.75, 3.05) is 31.8 Å². The van der Waals surface area contributed by atoms with Gasteiger partial charge in [0.2, 0.25) is 0 Å². The Kier molecular flexibility index (Phi) is 4.31. The highest BCUT2D eigenvalue weighted by Gasteiger charge is 2.33. The van der Waals surface area contributed by atoms with Crippen molar-refractivity contribution >= 4 is 27.9 Å². The monoisotopic (exact) mass is 283 g/mol. The van der Waals surface area contributed by atoms with E-state index in [2.05, 4.69) is 17.6 Å². The number of methoxy groups -OCH3 is 1. The van der Waals surface area contributed by atoms with Crippen LogP contribution in [0, 0.1) is 0 Å². The van der Waals surface area contributed by atoms with E-state index in [0.29, 0.717) is 23.1 Å². The number of amides is 1. The zero-order valence-electron chi connectivity index (χ0n) is 11.6. The Morgan fingerprint density at radius 3 is 2.79 bits per heavy atom. The molecule has 1 aromatic heterocycles. The first kappa shape index (κ1) is 14.1. The highest BCUT2D eigenvalue weighted by atomic mass is 32.1. The van der Waals surface area contributed by atoms with E-state index in [0.717, 1.165) is 23.4 Å². The zero-order chi connectivity index (χ0) is 14.0. The molecular weight excluding hydrogens is 262 g/mol. The molecule has 1 unspecified atom stereocenters. The van der Waals surface area contributed by atoms with Crippen LogP contribution in [0.15, 0.2) is 0 Å². The van der Waals surface area contributed by atoms with Crippen LogP contribution in [0.5, 0.6) is 0 Å². The van der Waals surface area contributed by atoms with Crippen LogP contribution in [-0.4, -0.2) is 32.7 Å². The molecule has 4 N–H and O–H groups in total. The van der Waals surface area contributed by atoms with Crippen LogP contribution in [0.2, 0.25) is 0 Å². The van der Waals surface area contributed by atoms with Gasteiger partial charge in [0.15, 0.2) is 0 Å². The molecule has 0 radical (unpaired) electrons. The van der Waals surface area contributed by atoms with Crippen molar-refractivity contribution in [2.24, 2.45) is 0 Å². The number of ether oxygens (including phenoxy) is 1. The summed E-state index contributed by atoms with van der Waals surface area (Å²) in [6, 6.07) is 0.193. The molecule has 1 saturated carbocycles. The Hall–Kier alpha value is -1.27. The normalized spacial score (nSPS) is 16.2. The second kappa shape index (κ2) is 5.79. The number of nitrogens with one attached hydrogen (secondary N) is 2. The molecule has 1 aliphatic carbocycles. The van der Waals surface area contributed by atoms with Crippen LogP contribution in [0.25, 0.3) is 0 Å². The quantitative estimate of drug-likeness (QED) is 0.746. The van der Waals surface area contributed by atoms with Crippen molar-refractivity contribution in [1.29, 1.82) is 0 Å². The van der Waals surface area contributed by atoms with Gasteiger partial charge < -0.3 is 21.1 Å². The van der Waals surface area contributed by atoms with Gasteiger partial charge in [-0.25, -0.2) is 0 Å². The predicted octanol–water partition coefficient (Wildman–Crippen LogP) is 2.01. The van der Waals surface area contributed by atoms with Crippen LogP contribution in [0.1, 0.15) is 40.9 Å². The Morgan fingerprint density at radius 1 is 1.58 bits per heavy atom. The molecule has 0 aromatic carbocycles. The van der Waals surface area contributed by atoms with Gasteiger partial charge in [-0.3, -0.25) is 4.79 Å². The molecule has 1 aliphatic rings. The number of nitrogen functional groups attached to an aromatic ring is 1. The number of carbonyl (C=O) groups is 1. The molecule has 1 fully saturated rings. The number of nitrogens with two attached hydrogens (primary N) is 1. The van der Waals surface area contributed by atoms with Gasteiger partial charge in [-0.05, 0) is 25.7 Å². The summed E-state index contributed by atoms with van der Waals surface area (Å²) in [7, 11) is 3.30. The summed E-state index contributed by atoms with van der Waals surface area (Å²) in [6.07, 6.45) is 2.31. The molecule has 106 valence electrons. The topological polar surface area (TPSA) is 76.4 Å². The molecule has 1 amide bonds. The first-order valence-corrected chi connectivity index (χ1v) is 7.29. The molecule has 0 spiro atoms. The second-order valence-electron chi connectivity index (χ2n) is 4.94. The Bertz CT molecular complexity index is 469. The van der Waals surface area contributed by atoms with Gasteiger partial charge in [-0.2, -0.15) is 0 Å². The summed E-state index contributed by atoms with van der Waals surface area (Å²) in [5.74, 6) is 0.392. The number of carbonyl (C=O) groups excluding carboxylic acids is 1. The van der Waals surface area contributed by atoms with E-state index >= 15 is 0 Å². The van der Waals surface area contributed by atoms with Crippen LogP contribution >= 0.6 is 11.3 Å². The maximum atomic E-state index is 11.8. The average molecular weight is 283 g/mol. The Morgan fingerprint density at radius 2 is 2.26 bits per heavy atom. The maximum absolute atomic E-state index is 11.8. The Balaban J connectivity index is 2.28. The van der Waals surface area contributed by atoms with Gasteiger partial charge in [-0.15, -0.1) is 11.3 Å².